The van der Waals surface area contributed by atoms with Gasteiger partial charge in [0.2, 0.25) is 0 Å². The van der Waals surface area contributed by atoms with Crippen LogP contribution in [0.4, 0.5) is 8.78 Å². The zero-order valence-corrected chi connectivity index (χ0v) is 13.3. The highest BCUT2D eigenvalue weighted by atomic mass is 19.2. The third-order valence-electron chi connectivity index (χ3n) is 5.10. The van der Waals surface area contributed by atoms with Gasteiger partial charge >= 0.3 is 0 Å². The number of halogens is 2. The van der Waals surface area contributed by atoms with Gasteiger partial charge in [-0.1, -0.05) is 19.1 Å². The molecule has 1 aromatic rings. The fraction of sp³-hybridized carbons (Fsp3) is 0.647. The van der Waals surface area contributed by atoms with E-state index in [1.807, 2.05) is 7.05 Å². The summed E-state index contributed by atoms with van der Waals surface area (Å²) in [5.74, 6) is -1.47. The quantitative estimate of drug-likeness (QED) is 0.866. The van der Waals surface area contributed by atoms with E-state index in [9.17, 15) is 8.78 Å². The van der Waals surface area contributed by atoms with Crippen LogP contribution in [0.25, 0.3) is 0 Å². The molecule has 2 unspecified atom stereocenters. The van der Waals surface area contributed by atoms with Gasteiger partial charge in [-0.15, -0.1) is 0 Å². The maximum absolute atomic E-state index is 14.0. The smallest absolute Gasteiger partial charge is 0.162 e. The average molecular weight is 296 g/mol. The Kier molecular flexibility index (Phi) is 5.33. The summed E-state index contributed by atoms with van der Waals surface area (Å²) in [4.78, 5) is 2.49. The SMILES string of the molecule is CCC(C)(C(Cc1cccc(F)c1F)NC)N1CCCC1. The van der Waals surface area contributed by atoms with Crippen molar-refractivity contribution in [1.82, 2.24) is 10.2 Å². The van der Waals surface area contributed by atoms with Crippen LogP contribution >= 0.6 is 0 Å². The molecule has 21 heavy (non-hydrogen) atoms. The first-order valence-electron chi connectivity index (χ1n) is 7.88. The van der Waals surface area contributed by atoms with Crippen molar-refractivity contribution in [2.45, 2.75) is 51.1 Å². The predicted octanol–water partition coefficient (Wildman–Crippen LogP) is 3.36. The van der Waals surface area contributed by atoms with E-state index in [2.05, 4.69) is 24.1 Å². The lowest BCUT2D eigenvalue weighted by Crippen LogP contribution is -2.58. The van der Waals surface area contributed by atoms with Crippen LogP contribution < -0.4 is 5.32 Å². The summed E-state index contributed by atoms with van der Waals surface area (Å²) in [6.07, 6.45) is 3.93. The highest BCUT2D eigenvalue weighted by Crippen LogP contribution is 2.30. The van der Waals surface area contributed by atoms with Gasteiger partial charge < -0.3 is 5.32 Å². The summed E-state index contributed by atoms with van der Waals surface area (Å²) in [7, 11) is 1.91. The minimum Gasteiger partial charge on any atom is -0.315 e. The van der Waals surface area contributed by atoms with Gasteiger partial charge in [-0.2, -0.15) is 0 Å². The fourth-order valence-electron chi connectivity index (χ4n) is 3.48. The van der Waals surface area contributed by atoms with Gasteiger partial charge in [-0.25, -0.2) is 8.78 Å². The standard InChI is InChI=1S/C17H26F2N2/c1-4-17(2,21-10-5-6-11-21)15(20-3)12-13-8-7-9-14(18)16(13)19/h7-9,15,20H,4-6,10-12H2,1-3H3. The van der Waals surface area contributed by atoms with Crippen molar-refractivity contribution in [1.29, 1.82) is 0 Å². The Bertz CT molecular complexity index is 472. The average Bonchev–Trinajstić information content (AvgIpc) is 3.03. The Morgan fingerprint density at radius 3 is 2.52 bits per heavy atom. The first-order chi connectivity index (χ1) is 10.0. The maximum atomic E-state index is 14.0. The summed E-state index contributed by atoms with van der Waals surface area (Å²) in [6.45, 7) is 6.59. The number of nitrogens with zero attached hydrogens (tertiary/aromatic N) is 1. The molecule has 1 heterocycles. The molecule has 1 fully saturated rings. The number of hydrogen-bond acceptors (Lipinski definition) is 2. The Hall–Kier alpha value is -1.00. The Balaban J connectivity index is 2.23. The van der Waals surface area contributed by atoms with E-state index in [-0.39, 0.29) is 11.6 Å². The van der Waals surface area contributed by atoms with Crippen molar-refractivity contribution in [2.24, 2.45) is 0 Å². The summed E-state index contributed by atoms with van der Waals surface area (Å²) in [5.41, 5.74) is 0.414. The molecule has 1 aliphatic rings. The van der Waals surface area contributed by atoms with Gasteiger partial charge in [-0.05, 0) is 64.4 Å². The first-order valence-corrected chi connectivity index (χ1v) is 7.88. The molecule has 4 heteroatoms. The predicted molar refractivity (Wildman–Crippen MR) is 82.4 cm³/mol. The minimum atomic E-state index is -0.762. The Morgan fingerprint density at radius 2 is 1.95 bits per heavy atom. The van der Waals surface area contributed by atoms with Crippen LogP contribution in [0.3, 0.4) is 0 Å². The minimum absolute atomic E-state index is 0.0377. The summed E-state index contributed by atoms with van der Waals surface area (Å²) < 4.78 is 27.4. The number of rotatable bonds is 6. The molecule has 0 amide bonds. The van der Waals surface area contributed by atoms with E-state index in [4.69, 9.17) is 0 Å². The molecule has 1 aliphatic heterocycles. The molecule has 0 aliphatic carbocycles. The summed E-state index contributed by atoms with van der Waals surface area (Å²) in [6, 6.07) is 4.53. The molecule has 118 valence electrons. The molecular formula is C17H26F2N2. The van der Waals surface area contributed by atoms with Gasteiger partial charge in [0.1, 0.15) is 0 Å². The van der Waals surface area contributed by atoms with Crippen molar-refractivity contribution in [2.75, 3.05) is 20.1 Å². The lowest BCUT2D eigenvalue weighted by Gasteiger charge is -2.44. The highest BCUT2D eigenvalue weighted by molar-refractivity contribution is 5.21. The van der Waals surface area contributed by atoms with Crippen molar-refractivity contribution in [3.63, 3.8) is 0 Å². The third-order valence-corrected chi connectivity index (χ3v) is 5.10. The third kappa shape index (κ3) is 3.27. The number of nitrogens with one attached hydrogen (secondary N) is 1. The van der Waals surface area contributed by atoms with Crippen LogP contribution in [0.1, 0.15) is 38.7 Å². The molecule has 0 radical (unpaired) electrons. The highest BCUT2D eigenvalue weighted by Gasteiger charge is 2.39. The van der Waals surface area contributed by atoms with Crippen LogP contribution in [0, 0.1) is 11.6 Å². The van der Waals surface area contributed by atoms with Crippen LogP contribution in [0.15, 0.2) is 18.2 Å². The first kappa shape index (κ1) is 16.4. The molecule has 0 aromatic heterocycles. The molecule has 0 spiro atoms. The lowest BCUT2D eigenvalue weighted by molar-refractivity contribution is 0.0869. The van der Waals surface area contributed by atoms with Gasteiger partial charge in [-0.3, -0.25) is 4.90 Å². The second kappa shape index (κ2) is 6.84. The number of likely N-dealkylation sites (N-methyl/N-ethyl adjacent to an activating group) is 1. The van der Waals surface area contributed by atoms with E-state index >= 15 is 0 Å². The molecule has 1 saturated heterocycles. The van der Waals surface area contributed by atoms with Crippen LogP contribution in [-0.2, 0) is 6.42 Å². The van der Waals surface area contributed by atoms with Gasteiger partial charge in [0.25, 0.3) is 0 Å². The fourth-order valence-corrected chi connectivity index (χ4v) is 3.48. The molecule has 0 saturated carbocycles. The summed E-state index contributed by atoms with van der Waals surface area (Å²) in [5, 5.41) is 3.33. The topological polar surface area (TPSA) is 15.3 Å². The zero-order valence-electron chi connectivity index (χ0n) is 13.3. The molecule has 1 aromatic carbocycles. The van der Waals surface area contributed by atoms with Crippen molar-refractivity contribution < 1.29 is 8.78 Å². The van der Waals surface area contributed by atoms with Gasteiger partial charge in [0.15, 0.2) is 11.6 Å². The van der Waals surface area contributed by atoms with E-state index in [0.29, 0.717) is 12.0 Å². The van der Waals surface area contributed by atoms with E-state index in [1.54, 1.807) is 12.1 Å². The normalized spacial score (nSPS) is 20.4. The monoisotopic (exact) mass is 296 g/mol. The van der Waals surface area contributed by atoms with Crippen molar-refractivity contribution in [3.05, 3.63) is 35.4 Å². The van der Waals surface area contributed by atoms with Crippen LogP contribution in [0.2, 0.25) is 0 Å². The molecule has 2 rings (SSSR count). The van der Waals surface area contributed by atoms with Gasteiger partial charge in [0.05, 0.1) is 0 Å². The van der Waals surface area contributed by atoms with E-state index < -0.39 is 11.6 Å². The second-order valence-electron chi connectivity index (χ2n) is 6.16. The second-order valence-corrected chi connectivity index (χ2v) is 6.16. The van der Waals surface area contributed by atoms with E-state index in [0.717, 1.165) is 19.5 Å². The largest absolute Gasteiger partial charge is 0.315 e. The maximum Gasteiger partial charge on any atom is 0.162 e. The van der Waals surface area contributed by atoms with Gasteiger partial charge in [0, 0.05) is 11.6 Å². The number of hydrogen-bond donors (Lipinski definition) is 1. The van der Waals surface area contributed by atoms with E-state index in [1.165, 1.54) is 18.9 Å². The zero-order chi connectivity index (χ0) is 15.5. The van der Waals surface area contributed by atoms with Crippen LogP contribution in [-0.4, -0.2) is 36.6 Å². The lowest BCUT2D eigenvalue weighted by atomic mass is 9.83. The Labute approximate surface area is 126 Å². The molecule has 0 bridgehead atoms. The van der Waals surface area contributed by atoms with Crippen molar-refractivity contribution >= 4 is 0 Å². The Morgan fingerprint density at radius 1 is 1.29 bits per heavy atom. The number of benzene rings is 1. The molecule has 1 N–H and O–H groups in total. The van der Waals surface area contributed by atoms with Crippen LogP contribution in [0.5, 0.6) is 0 Å². The van der Waals surface area contributed by atoms with Crippen molar-refractivity contribution in [3.8, 4) is 0 Å². The molecule has 2 nitrogen and oxygen atoms in total. The number of likely N-dealkylation sites (tertiary alicyclic amines) is 1. The molecule has 2 atom stereocenters. The summed E-state index contributed by atoms with van der Waals surface area (Å²) >= 11 is 0. The molecular weight excluding hydrogens is 270 g/mol.